The van der Waals surface area contributed by atoms with Gasteiger partial charge in [0, 0.05) is 9.35 Å². The van der Waals surface area contributed by atoms with Crippen molar-refractivity contribution in [2.24, 2.45) is 0 Å². The number of rotatable bonds is 4. The zero-order valence-corrected chi connectivity index (χ0v) is 13.2. The maximum atomic E-state index is 6.20. The average Bonchev–Trinajstić information content (AvgIpc) is 2.78. The van der Waals surface area contributed by atoms with Crippen molar-refractivity contribution in [1.82, 2.24) is 5.32 Å². The topological polar surface area (TPSA) is 21.3 Å². The molecule has 96 valence electrons. The first-order chi connectivity index (χ1) is 8.67. The van der Waals surface area contributed by atoms with Crippen molar-refractivity contribution in [2.45, 2.75) is 6.04 Å². The summed E-state index contributed by atoms with van der Waals surface area (Å²) >= 11 is 11.4. The molecule has 0 aliphatic carbocycles. The molecule has 1 aromatic heterocycles. The molecule has 0 aliphatic heterocycles. The molecule has 1 heterocycles. The van der Waals surface area contributed by atoms with E-state index in [-0.39, 0.29) is 6.04 Å². The molecule has 0 fully saturated rings. The number of ether oxygens (including phenoxy) is 1. The Morgan fingerprint density at radius 3 is 2.67 bits per heavy atom. The Balaban J connectivity index is 2.42. The summed E-state index contributed by atoms with van der Waals surface area (Å²) in [5.41, 5.74) is 1.14. The van der Waals surface area contributed by atoms with E-state index in [1.54, 1.807) is 18.4 Å². The Bertz CT molecular complexity index is 544. The molecule has 1 N–H and O–H groups in total. The fourth-order valence-corrected chi connectivity index (χ4v) is 3.69. The van der Waals surface area contributed by atoms with Gasteiger partial charge in [0.05, 0.1) is 18.2 Å². The van der Waals surface area contributed by atoms with Gasteiger partial charge in [-0.15, -0.1) is 11.3 Å². The van der Waals surface area contributed by atoms with E-state index in [0.29, 0.717) is 0 Å². The number of benzene rings is 1. The maximum Gasteiger partial charge on any atom is 0.120 e. The second kappa shape index (κ2) is 6.06. The normalized spacial score (nSPS) is 12.4. The Labute approximate surface area is 124 Å². The van der Waals surface area contributed by atoms with E-state index in [0.717, 1.165) is 25.7 Å². The number of halogens is 2. The molecule has 0 radical (unpaired) electrons. The van der Waals surface area contributed by atoms with Gasteiger partial charge in [-0.3, -0.25) is 0 Å². The molecule has 1 aromatic carbocycles. The average molecular weight is 347 g/mol. The van der Waals surface area contributed by atoms with Crippen molar-refractivity contribution < 1.29 is 4.74 Å². The van der Waals surface area contributed by atoms with Gasteiger partial charge in [-0.25, -0.2) is 0 Å². The van der Waals surface area contributed by atoms with Crippen LogP contribution in [0.4, 0.5) is 0 Å². The monoisotopic (exact) mass is 345 g/mol. The lowest BCUT2D eigenvalue weighted by atomic mass is 10.1. The van der Waals surface area contributed by atoms with E-state index >= 15 is 0 Å². The van der Waals surface area contributed by atoms with E-state index < -0.39 is 0 Å². The molecule has 0 aliphatic rings. The van der Waals surface area contributed by atoms with Crippen LogP contribution in [0.15, 0.2) is 34.1 Å². The van der Waals surface area contributed by atoms with E-state index in [1.807, 2.05) is 36.7 Å². The van der Waals surface area contributed by atoms with Crippen LogP contribution in [0.2, 0.25) is 5.02 Å². The van der Waals surface area contributed by atoms with Gasteiger partial charge in [0.15, 0.2) is 0 Å². The SMILES string of the molecule is CNC(c1ccc(OC)cc1Br)c1sccc1Cl. The van der Waals surface area contributed by atoms with Crippen molar-refractivity contribution in [3.05, 3.63) is 49.6 Å². The summed E-state index contributed by atoms with van der Waals surface area (Å²) in [4.78, 5) is 1.12. The minimum atomic E-state index is 0.0813. The summed E-state index contributed by atoms with van der Waals surface area (Å²) in [5, 5.41) is 6.09. The molecule has 2 aromatic rings. The van der Waals surface area contributed by atoms with Gasteiger partial charge in [0.1, 0.15) is 5.75 Å². The van der Waals surface area contributed by atoms with Gasteiger partial charge >= 0.3 is 0 Å². The van der Waals surface area contributed by atoms with Crippen LogP contribution in [0.5, 0.6) is 5.75 Å². The smallest absolute Gasteiger partial charge is 0.120 e. The zero-order valence-electron chi connectivity index (χ0n) is 10.0. The molecule has 2 nitrogen and oxygen atoms in total. The third-order valence-corrected chi connectivity index (χ3v) is 4.82. The zero-order chi connectivity index (χ0) is 13.1. The van der Waals surface area contributed by atoms with E-state index in [1.165, 1.54) is 0 Å². The first-order valence-corrected chi connectivity index (χ1v) is 7.46. The first kappa shape index (κ1) is 13.9. The summed E-state index contributed by atoms with van der Waals surface area (Å²) in [6.07, 6.45) is 0. The quantitative estimate of drug-likeness (QED) is 0.881. The third-order valence-electron chi connectivity index (χ3n) is 2.71. The molecule has 0 saturated heterocycles. The van der Waals surface area contributed by atoms with Crippen molar-refractivity contribution in [3.63, 3.8) is 0 Å². The van der Waals surface area contributed by atoms with Gasteiger partial charge in [0.25, 0.3) is 0 Å². The Morgan fingerprint density at radius 2 is 2.17 bits per heavy atom. The third kappa shape index (κ3) is 2.72. The summed E-state index contributed by atoms with van der Waals surface area (Å²) in [6, 6.07) is 7.95. The molecule has 5 heteroatoms. The lowest BCUT2D eigenvalue weighted by Crippen LogP contribution is -2.17. The summed E-state index contributed by atoms with van der Waals surface area (Å²) in [5.74, 6) is 0.831. The highest BCUT2D eigenvalue weighted by Gasteiger charge is 2.19. The molecule has 18 heavy (non-hydrogen) atoms. The number of hydrogen-bond donors (Lipinski definition) is 1. The molecular formula is C13H13BrClNOS. The van der Waals surface area contributed by atoms with Crippen LogP contribution in [0.25, 0.3) is 0 Å². The van der Waals surface area contributed by atoms with E-state index in [9.17, 15) is 0 Å². The lowest BCUT2D eigenvalue weighted by molar-refractivity contribution is 0.414. The van der Waals surface area contributed by atoms with Crippen LogP contribution in [0.1, 0.15) is 16.5 Å². The van der Waals surface area contributed by atoms with Crippen molar-refractivity contribution in [3.8, 4) is 5.75 Å². The van der Waals surface area contributed by atoms with Gasteiger partial charge in [-0.2, -0.15) is 0 Å². The van der Waals surface area contributed by atoms with Crippen LogP contribution in [0.3, 0.4) is 0 Å². The maximum absolute atomic E-state index is 6.20. The molecule has 1 unspecified atom stereocenters. The largest absolute Gasteiger partial charge is 0.497 e. The predicted molar refractivity (Wildman–Crippen MR) is 80.9 cm³/mol. The molecular weight excluding hydrogens is 334 g/mol. The van der Waals surface area contributed by atoms with Crippen LogP contribution < -0.4 is 10.1 Å². The minimum absolute atomic E-state index is 0.0813. The van der Waals surface area contributed by atoms with Crippen LogP contribution >= 0.6 is 38.9 Å². The van der Waals surface area contributed by atoms with Crippen molar-refractivity contribution in [1.29, 1.82) is 0 Å². The van der Waals surface area contributed by atoms with Crippen LogP contribution in [-0.4, -0.2) is 14.2 Å². The molecule has 0 saturated carbocycles. The summed E-state index contributed by atoms with van der Waals surface area (Å²) in [6.45, 7) is 0. The number of methoxy groups -OCH3 is 1. The number of hydrogen-bond acceptors (Lipinski definition) is 3. The van der Waals surface area contributed by atoms with Gasteiger partial charge in [0.2, 0.25) is 0 Å². The summed E-state index contributed by atoms with van der Waals surface area (Å²) < 4.78 is 6.21. The predicted octanol–water partition coefficient (Wildman–Crippen LogP) is 4.48. The fraction of sp³-hybridized carbons (Fsp3) is 0.231. The Morgan fingerprint density at radius 1 is 1.39 bits per heavy atom. The summed E-state index contributed by atoms with van der Waals surface area (Å²) in [7, 11) is 3.59. The van der Waals surface area contributed by atoms with E-state index in [2.05, 4.69) is 21.2 Å². The highest BCUT2D eigenvalue weighted by Crippen LogP contribution is 2.36. The van der Waals surface area contributed by atoms with Crippen LogP contribution in [-0.2, 0) is 0 Å². The molecule has 1 atom stereocenters. The highest BCUT2D eigenvalue weighted by molar-refractivity contribution is 9.10. The van der Waals surface area contributed by atoms with E-state index in [4.69, 9.17) is 16.3 Å². The lowest BCUT2D eigenvalue weighted by Gasteiger charge is -2.18. The highest BCUT2D eigenvalue weighted by atomic mass is 79.9. The Hall–Kier alpha value is -0.550. The van der Waals surface area contributed by atoms with Crippen molar-refractivity contribution in [2.75, 3.05) is 14.2 Å². The molecule has 2 rings (SSSR count). The molecule has 0 spiro atoms. The second-order valence-corrected chi connectivity index (χ2v) is 5.95. The number of nitrogens with one attached hydrogen (secondary N) is 1. The van der Waals surface area contributed by atoms with Crippen LogP contribution in [0, 0.1) is 0 Å². The van der Waals surface area contributed by atoms with Crippen molar-refractivity contribution >= 4 is 38.9 Å². The number of thiophene rings is 1. The fourth-order valence-electron chi connectivity index (χ4n) is 1.81. The van der Waals surface area contributed by atoms with Gasteiger partial charge < -0.3 is 10.1 Å². The Kier molecular flexibility index (Phi) is 4.67. The van der Waals surface area contributed by atoms with Gasteiger partial charge in [-0.05, 0) is 36.2 Å². The second-order valence-electron chi connectivity index (χ2n) is 3.74. The van der Waals surface area contributed by atoms with Gasteiger partial charge in [-0.1, -0.05) is 33.6 Å². The minimum Gasteiger partial charge on any atom is -0.497 e. The standard InChI is InChI=1S/C13H13BrClNOS/c1-16-12(13-11(15)5-6-18-13)9-4-3-8(17-2)7-10(9)14/h3-7,12,16H,1-2H3. The molecule has 0 amide bonds. The molecule has 0 bridgehead atoms. The first-order valence-electron chi connectivity index (χ1n) is 5.41.